The zero-order chi connectivity index (χ0) is 20.2. The van der Waals surface area contributed by atoms with Gasteiger partial charge in [0, 0.05) is 29.8 Å². The molecule has 2 aliphatic rings. The van der Waals surface area contributed by atoms with Crippen LogP contribution in [0.2, 0.25) is 0 Å². The molecule has 0 aliphatic carbocycles. The Morgan fingerprint density at radius 3 is 2.52 bits per heavy atom. The first kappa shape index (κ1) is 19.3. The number of nitrogens with one attached hydrogen (secondary N) is 1. The number of benzene rings is 2. The first-order chi connectivity index (χ1) is 14.2. The molecule has 2 heterocycles. The largest absolute Gasteiger partial charge is 0.493 e. The number of methoxy groups -OCH3 is 1. The second kappa shape index (κ2) is 8.53. The minimum Gasteiger partial charge on any atom is -0.493 e. The second-order valence-corrected chi connectivity index (χ2v) is 7.12. The number of morpholine rings is 1. The van der Waals surface area contributed by atoms with Crippen molar-refractivity contribution in [2.75, 3.05) is 40.0 Å². The van der Waals surface area contributed by atoms with Gasteiger partial charge < -0.3 is 24.4 Å². The van der Waals surface area contributed by atoms with Crippen molar-refractivity contribution in [2.45, 2.75) is 12.5 Å². The number of para-hydroxylation sites is 1. The van der Waals surface area contributed by atoms with E-state index in [0.29, 0.717) is 56.2 Å². The Hall–Kier alpha value is -3.06. The van der Waals surface area contributed by atoms with Crippen molar-refractivity contribution in [3.05, 3.63) is 59.2 Å². The number of nitrogens with zero attached hydrogens (tertiary/aromatic N) is 1. The molecular weight excluding hydrogens is 372 g/mol. The molecule has 7 heteroatoms. The van der Waals surface area contributed by atoms with Crippen LogP contribution >= 0.6 is 0 Å². The lowest BCUT2D eigenvalue weighted by Crippen LogP contribution is -2.42. The van der Waals surface area contributed by atoms with Gasteiger partial charge in [-0.05, 0) is 36.8 Å². The van der Waals surface area contributed by atoms with Crippen LogP contribution in [0.15, 0.2) is 42.5 Å². The number of carbonyl (C=O) groups is 2. The Bertz CT molecular complexity index is 891. The minimum absolute atomic E-state index is 0.0357. The van der Waals surface area contributed by atoms with Gasteiger partial charge in [0.15, 0.2) is 11.5 Å². The van der Waals surface area contributed by atoms with E-state index in [1.54, 1.807) is 36.3 Å². The van der Waals surface area contributed by atoms with Gasteiger partial charge in [-0.1, -0.05) is 12.1 Å². The summed E-state index contributed by atoms with van der Waals surface area (Å²) in [4.78, 5) is 26.9. The zero-order valence-corrected chi connectivity index (χ0v) is 16.3. The Morgan fingerprint density at radius 2 is 1.79 bits per heavy atom. The van der Waals surface area contributed by atoms with E-state index in [4.69, 9.17) is 14.2 Å². The number of fused-ring (bicyclic) bond motifs is 1. The Kier molecular flexibility index (Phi) is 5.67. The molecule has 2 aromatic rings. The van der Waals surface area contributed by atoms with Crippen molar-refractivity contribution < 1.29 is 23.8 Å². The maximum Gasteiger partial charge on any atom is 0.254 e. The molecule has 1 saturated heterocycles. The summed E-state index contributed by atoms with van der Waals surface area (Å²) in [5.41, 5.74) is 2.10. The van der Waals surface area contributed by atoms with Gasteiger partial charge in [-0.3, -0.25) is 9.59 Å². The lowest BCUT2D eigenvalue weighted by atomic mass is 10.0. The van der Waals surface area contributed by atoms with Crippen molar-refractivity contribution in [3.8, 4) is 11.5 Å². The zero-order valence-electron chi connectivity index (χ0n) is 16.3. The molecule has 2 aromatic carbocycles. The van der Waals surface area contributed by atoms with Crippen LogP contribution in [0.25, 0.3) is 0 Å². The van der Waals surface area contributed by atoms with E-state index in [2.05, 4.69) is 5.32 Å². The monoisotopic (exact) mass is 396 g/mol. The maximum absolute atomic E-state index is 12.6. The van der Waals surface area contributed by atoms with Crippen molar-refractivity contribution in [1.82, 2.24) is 10.2 Å². The average Bonchev–Trinajstić information content (AvgIpc) is 2.78. The van der Waals surface area contributed by atoms with Gasteiger partial charge in [0.1, 0.15) is 6.61 Å². The predicted octanol–water partition coefficient (Wildman–Crippen LogP) is 1.90. The van der Waals surface area contributed by atoms with Gasteiger partial charge in [0.05, 0.1) is 26.4 Å². The van der Waals surface area contributed by atoms with E-state index in [1.165, 1.54) is 0 Å². The van der Waals surface area contributed by atoms with Gasteiger partial charge in [0.2, 0.25) is 0 Å². The molecule has 0 radical (unpaired) electrons. The van der Waals surface area contributed by atoms with E-state index in [1.807, 2.05) is 18.2 Å². The topological polar surface area (TPSA) is 77.1 Å². The molecule has 0 aromatic heterocycles. The Morgan fingerprint density at radius 1 is 1.07 bits per heavy atom. The summed E-state index contributed by atoms with van der Waals surface area (Å²) in [6.45, 7) is 2.69. The summed E-state index contributed by atoms with van der Waals surface area (Å²) in [7, 11) is 1.61. The van der Waals surface area contributed by atoms with Crippen molar-refractivity contribution in [2.24, 2.45) is 0 Å². The van der Waals surface area contributed by atoms with Crippen LogP contribution in [0.3, 0.4) is 0 Å². The molecular formula is C22H24N2O5. The highest BCUT2D eigenvalue weighted by Gasteiger charge is 2.24. The third kappa shape index (κ3) is 4.19. The molecule has 29 heavy (non-hydrogen) atoms. The quantitative estimate of drug-likeness (QED) is 0.854. The fourth-order valence-electron chi connectivity index (χ4n) is 3.63. The van der Waals surface area contributed by atoms with Crippen LogP contribution in [-0.2, 0) is 11.2 Å². The van der Waals surface area contributed by atoms with E-state index in [-0.39, 0.29) is 17.9 Å². The van der Waals surface area contributed by atoms with Crippen molar-refractivity contribution in [1.29, 1.82) is 0 Å². The highest BCUT2D eigenvalue weighted by atomic mass is 16.5. The van der Waals surface area contributed by atoms with E-state index in [9.17, 15) is 9.59 Å². The van der Waals surface area contributed by atoms with Crippen molar-refractivity contribution in [3.63, 3.8) is 0 Å². The molecule has 1 fully saturated rings. The van der Waals surface area contributed by atoms with Crippen molar-refractivity contribution >= 4 is 11.8 Å². The molecule has 2 amide bonds. The summed E-state index contributed by atoms with van der Waals surface area (Å²) in [6.07, 6.45) is 0.672. The summed E-state index contributed by atoms with van der Waals surface area (Å²) in [5, 5.41) is 3.01. The third-order valence-electron chi connectivity index (χ3n) is 5.20. The van der Waals surface area contributed by atoms with Gasteiger partial charge in [-0.15, -0.1) is 0 Å². The number of rotatable bonds is 4. The molecule has 0 bridgehead atoms. The fraction of sp³-hybridized carbons (Fsp3) is 0.364. The lowest BCUT2D eigenvalue weighted by molar-refractivity contribution is 0.0303. The fourth-order valence-corrected chi connectivity index (χ4v) is 3.63. The number of ether oxygens (including phenoxy) is 3. The standard InChI is InChI=1S/C22H24N2O5/c1-27-19-4-2-3-17-13-18(14-29-20(17)19)23-21(25)15-5-7-16(8-6-15)22(26)24-9-11-28-12-10-24/h2-8,18H,9-14H2,1H3,(H,23,25). The number of carbonyl (C=O) groups excluding carboxylic acids is 2. The summed E-state index contributed by atoms with van der Waals surface area (Å²) >= 11 is 0. The summed E-state index contributed by atoms with van der Waals surface area (Å²) in [6, 6.07) is 12.4. The highest BCUT2D eigenvalue weighted by Crippen LogP contribution is 2.34. The van der Waals surface area contributed by atoms with Crippen LogP contribution in [0.1, 0.15) is 26.3 Å². The van der Waals surface area contributed by atoms with E-state index >= 15 is 0 Å². The van der Waals surface area contributed by atoms with Gasteiger partial charge in [-0.2, -0.15) is 0 Å². The highest BCUT2D eigenvalue weighted by molar-refractivity contribution is 5.98. The van der Waals surface area contributed by atoms with Crippen LogP contribution in [0, 0.1) is 0 Å². The molecule has 152 valence electrons. The average molecular weight is 396 g/mol. The summed E-state index contributed by atoms with van der Waals surface area (Å²) < 4.78 is 16.4. The molecule has 2 aliphatic heterocycles. The molecule has 7 nitrogen and oxygen atoms in total. The maximum atomic E-state index is 12.6. The van der Waals surface area contributed by atoms with Gasteiger partial charge in [0.25, 0.3) is 11.8 Å². The van der Waals surface area contributed by atoms with Crippen LogP contribution in [0.5, 0.6) is 11.5 Å². The molecule has 1 unspecified atom stereocenters. The number of hydrogen-bond acceptors (Lipinski definition) is 5. The van der Waals surface area contributed by atoms with E-state index < -0.39 is 0 Å². The minimum atomic E-state index is -0.185. The SMILES string of the molecule is COc1cccc2c1OCC(NC(=O)c1ccc(C(=O)N3CCOCC3)cc1)C2. The Labute approximate surface area is 169 Å². The summed E-state index contributed by atoms with van der Waals surface area (Å²) in [5.74, 6) is 1.22. The van der Waals surface area contributed by atoms with Crippen LogP contribution < -0.4 is 14.8 Å². The second-order valence-electron chi connectivity index (χ2n) is 7.12. The van der Waals surface area contributed by atoms with Gasteiger partial charge >= 0.3 is 0 Å². The number of hydrogen-bond donors (Lipinski definition) is 1. The lowest BCUT2D eigenvalue weighted by Gasteiger charge is -2.27. The number of amides is 2. The van der Waals surface area contributed by atoms with E-state index in [0.717, 1.165) is 11.3 Å². The first-order valence-corrected chi connectivity index (χ1v) is 9.72. The normalized spacial score (nSPS) is 18.4. The molecule has 4 rings (SSSR count). The van der Waals surface area contributed by atoms with Crippen LogP contribution in [0.4, 0.5) is 0 Å². The van der Waals surface area contributed by atoms with Crippen LogP contribution in [-0.4, -0.2) is 62.8 Å². The van der Waals surface area contributed by atoms with Gasteiger partial charge in [-0.25, -0.2) is 0 Å². The molecule has 1 atom stereocenters. The molecule has 1 N–H and O–H groups in total. The third-order valence-corrected chi connectivity index (χ3v) is 5.20. The predicted molar refractivity (Wildman–Crippen MR) is 107 cm³/mol. The smallest absolute Gasteiger partial charge is 0.254 e. The molecule has 0 saturated carbocycles. The Balaban J connectivity index is 1.38. The first-order valence-electron chi connectivity index (χ1n) is 9.72. The molecule has 0 spiro atoms.